The summed E-state index contributed by atoms with van der Waals surface area (Å²) < 4.78 is 48.5. The average Bonchev–Trinajstić information content (AvgIpc) is 3.32. The van der Waals surface area contributed by atoms with Gasteiger partial charge in [0.15, 0.2) is 5.13 Å². The summed E-state index contributed by atoms with van der Waals surface area (Å²) >= 11 is 2.19. The Morgan fingerprint density at radius 2 is 2.03 bits per heavy atom. The van der Waals surface area contributed by atoms with Crippen LogP contribution in [-0.4, -0.2) is 28.3 Å². The third-order valence-corrected chi connectivity index (χ3v) is 5.95. The Morgan fingerprint density at radius 3 is 2.68 bits per heavy atom. The molecule has 3 aromatic rings. The van der Waals surface area contributed by atoms with E-state index in [1.807, 2.05) is 0 Å². The number of aryl methyl sites for hydroxylation is 1. The number of ether oxygens (including phenoxy) is 1. The lowest BCUT2D eigenvalue weighted by Crippen LogP contribution is -2.23. The van der Waals surface area contributed by atoms with Crippen molar-refractivity contribution in [3.63, 3.8) is 0 Å². The Hall–Kier alpha value is -2.99. The summed E-state index contributed by atoms with van der Waals surface area (Å²) in [6, 6.07) is 4.42. The number of rotatable bonds is 6. The predicted octanol–water partition coefficient (Wildman–Crippen LogP) is 5.01. The highest BCUT2D eigenvalue weighted by atomic mass is 32.1. The van der Waals surface area contributed by atoms with Gasteiger partial charge in [-0.25, -0.2) is 9.78 Å². The first kappa shape index (κ1) is 22.7. The maximum atomic E-state index is 13.0. The number of aromatic nitrogens is 2. The van der Waals surface area contributed by atoms with Crippen LogP contribution in [-0.2, 0) is 22.3 Å². The zero-order valence-electron chi connectivity index (χ0n) is 16.6. The minimum atomic E-state index is -4.54. The van der Waals surface area contributed by atoms with Crippen LogP contribution < -0.4 is 10.2 Å². The van der Waals surface area contributed by atoms with Crippen molar-refractivity contribution in [2.75, 3.05) is 17.3 Å². The van der Waals surface area contributed by atoms with E-state index in [4.69, 9.17) is 4.74 Å². The van der Waals surface area contributed by atoms with Crippen LogP contribution in [0.5, 0.6) is 0 Å². The molecule has 0 aliphatic heterocycles. The highest BCUT2D eigenvalue weighted by Crippen LogP contribution is 2.35. The first-order chi connectivity index (χ1) is 14.6. The minimum absolute atomic E-state index is 0.0406. The molecular weight excluding hydrogens is 453 g/mol. The second kappa shape index (κ2) is 9.02. The number of carbonyl (C=O) groups excluding carboxylic acids is 2. The lowest BCUT2D eigenvalue weighted by Gasteiger charge is -2.19. The lowest BCUT2D eigenvalue weighted by atomic mass is 10.2. The quantitative estimate of drug-likeness (QED) is 0.510. The van der Waals surface area contributed by atoms with Gasteiger partial charge >= 0.3 is 12.1 Å². The first-order valence-corrected chi connectivity index (χ1v) is 10.5. The monoisotopic (exact) mass is 470 g/mol. The van der Waals surface area contributed by atoms with Crippen molar-refractivity contribution in [2.24, 2.45) is 0 Å². The predicted molar refractivity (Wildman–Crippen MR) is 112 cm³/mol. The fourth-order valence-corrected chi connectivity index (χ4v) is 4.31. The number of benzene rings is 1. The van der Waals surface area contributed by atoms with E-state index in [1.165, 1.54) is 19.1 Å². The van der Waals surface area contributed by atoms with Gasteiger partial charge in [-0.15, -0.1) is 11.3 Å². The summed E-state index contributed by atoms with van der Waals surface area (Å²) in [7, 11) is 1.67. The SMILES string of the molecule is CNc1snc(C)c1C(=O)OCc1csc(N(C(C)=O)c2cccc(C(F)(F)F)c2)n1. The third kappa shape index (κ3) is 5.02. The Kier molecular flexibility index (Phi) is 6.60. The summed E-state index contributed by atoms with van der Waals surface area (Å²) in [5.74, 6) is -1.08. The summed E-state index contributed by atoms with van der Waals surface area (Å²) in [5.41, 5.74) is 0.391. The zero-order chi connectivity index (χ0) is 22.8. The van der Waals surface area contributed by atoms with Crippen LogP contribution in [0.2, 0.25) is 0 Å². The molecule has 2 heterocycles. The van der Waals surface area contributed by atoms with E-state index in [1.54, 1.807) is 19.4 Å². The summed E-state index contributed by atoms with van der Waals surface area (Å²) in [5, 5.41) is 5.20. The molecule has 12 heteroatoms. The molecule has 164 valence electrons. The number of anilines is 3. The molecule has 0 atom stereocenters. The van der Waals surface area contributed by atoms with Crippen LogP contribution in [0.15, 0.2) is 29.6 Å². The van der Waals surface area contributed by atoms with Gasteiger partial charge in [0.05, 0.1) is 22.6 Å². The summed E-state index contributed by atoms with van der Waals surface area (Å²) in [6.07, 6.45) is -4.54. The first-order valence-electron chi connectivity index (χ1n) is 8.85. The number of nitrogens with one attached hydrogen (secondary N) is 1. The molecule has 1 N–H and O–H groups in total. The molecule has 1 amide bonds. The van der Waals surface area contributed by atoms with Crippen molar-refractivity contribution in [1.82, 2.24) is 9.36 Å². The van der Waals surface area contributed by atoms with Crippen LogP contribution >= 0.6 is 22.9 Å². The van der Waals surface area contributed by atoms with Gasteiger partial charge in [-0.05, 0) is 36.7 Å². The number of amides is 1. The minimum Gasteiger partial charge on any atom is -0.455 e. The lowest BCUT2D eigenvalue weighted by molar-refractivity contribution is -0.137. The Labute approximate surface area is 183 Å². The van der Waals surface area contributed by atoms with Crippen LogP contribution in [0, 0.1) is 6.92 Å². The summed E-state index contributed by atoms with van der Waals surface area (Å²) in [6.45, 7) is 2.75. The number of nitrogens with zero attached hydrogens (tertiary/aromatic N) is 3. The zero-order valence-corrected chi connectivity index (χ0v) is 18.2. The molecule has 0 bridgehead atoms. The Morgan fingerprint density at radius 1 is 1.29 bits per heavy atom. The molecule has 1 aromatic carbocycles. The molecular formula is C19H17F3N4O3S2. The van der Waals surface area contributed by atoms with E-state index >= 15 is 0 Å². The molecule has 2 aromatic heterocycles. The van der Waals surface area contributed by atoms with E-state index in [0.29, 0.717) is 22.0 Å². The number of hydrogen-bond donors (Lipinski definition) is 1. The second-order valence-corrected chi connectivity index (χ2v) is 7.93. The van der Waals surface area contributed by atoms with Crippen LogP contribution in [0.25, 0.3) is 0 Å². The van der Waals surface area contributed by atoms with Crippen LogP contribution in [0.3, 0.4) is 0 Å². The van der Waals surface area contributed by atoms with Crippen molar-refractivity contribution in [1.29, 1.82) is 0 Å². The maximum absolute atomic E-state index is 13.0. The number of alkyl halides is 3. The van der Waals surface area contributed by atoms with Crippen molar-refractivity contribution in [2.45, 2.75) is 26.6 Å². The molecule has 0 aliphatic carbocycles. The number of esters is 1. The van der Waals surface area contributed by atoms with Crippen molar-refractivity contribution >= 4 is 50.6 Å². The Bertz CT molecular complexity index is 1110. The fraction of sp³-hybridized carbons (Fsp3) is 0.263. The average molecular weight is 470 g/mol. The number of thiazole rings is 1. The van der Waals surface area contributed by atoms with Gasteiger partial charge in [-0.1, -0.05) is 6.07 Å². The van der Waals surface area contributed by atoms with Gasteiger partial charge in [0, 0.05) is 19.4 Å². The van der Waals surface area contributed by atoms with Crippen molar-refractivity contribution < 1.29 is 27.5 Å². The smallest absolute Gasteiger partial charge is 0.416 e. The third-order valence-electron chi connectivity index (χ3n) is 4.12. The van der Waals surface area contributed by atoms with E-state index < -0.39 is 23.6 Å². The van der Waals surface area contributed by atoms with E-state index in [0.717, 1.165) is 39.9 Å². The van der Waals surface area contributed by atoms with Crippen LogP contribution in [0.4, 0.5) is 29.0 Å². The topological polar surface area (TPSA) is 84.4 Å². The largest absolute Gasteiger partial charge is 0.455 e. The molecule has 0 spiro atoms. The number of carbonyl (C=O) groups is 2. The highest BCUT2D eigenvalue weighted by molar-refractivity contribution is 7.14. The van der Waals surface area contributed by atoms with Gasteiger partial charge in [0.1, 0.15) is 17.2 Å². The normalized spacial score (nSPS) is 11.3. The van der Waals surface area contributed by atoms with E-state index in [-0.39, 0.29) is 17.4 Å². The molecule has 0 unspecified atom stereocenters. The van der Waals surface area contributed by atoms with Gasteiger partial charge in [0.2, 0.25) is 5.91 Å². The molecule has 3 rings (SSSR count). The van der Waals surface area contributed by atoms with Gasteiger partial charge in [0.25, 0.3) is 0 Å². The molecule has 0 saturated carbocycles. The standard InChI is InChI=1S/C19H17F3N4O3S2/c1-10-15(16(23-3)31-25-10)17(28)29-8-13-9-30-18(24-13)26(11(2)27)14-6-4-5-12(7-14)19(20,21)22/h4-7,9,23H,8H2,1-3H3. The van der Waals surface area contributed by atoms with E-state index in [2.05, 4.69) is 14.7 Å². The van der Waals surface area contributed by atoms with Gasteiger partial charge in [-0.2, -0.15) is 17.5 Å². The van der Waals surface area contributed by atoms with E-state index in [9.17, 15) is 22.8 Å². The molecule has 0 radical (unpaired) electrons. The van der Waals surface area contributed by atoms with Crippen molar-refractivity contribution in [3.05, 3.63) is 52.2 Å². The molecule has 7 nitrogen and oxygen atoms in total. The second-order valence-electron chi connectivity index (χ2n) is 6.32. The summed E-state index contributed by atoms with van der Waals surface area (Å²) in [4.78, 5) is 29.9. The van der Waals surface area contributed by atoms with Crippen LogP contribution in [0.1, 0.15) is 34.2 Å². The van der Waals surface area contributed by atoms with Crippen molar-refractivity contribution in [3.8, 4) is 0 Å². The molecule has 0 saturated heterocycles. The maximum Gasteiger partial charge on any atom is 0.416 e. The highest BCUT2D eigenvalue weighted by Gasteiger charge is 2.31. The number of halogens is 3. The number of hydrogen-bond acceptors (Lipinski definition) is 8. The molecule has 0 fully saturated rings. The molecule has 0 aliphatic rings. The molecule has 31 heavy (non-hydrogen) atoms. The van der Waals surface area contributed by atoms with Gasteiger partial charge < -0.3 is 10.1 Å². The fourth-order valence-electron chi connectivity index (χ4n) is 2.71. The van der Waals surface area contributed by atoms with Gasteiger partial charge in [-0.3, -0.25) is 9.69 Å². The Balaban J connectivity index is 1.79.